The Bertz CT molecular complexity index is 306. The molecule has 0 amide bonds. The first-order valence-corrected chi connectivity index (χ1v) is 4.72. The van der Waals surface area contributed by atoms with Gasteiger partial charge in [0.05, 0.1) is 19.1 Å². The van der Waals surface area contributed by atoms with Crippen molar-refractivity contribution in [1.29, 1.82) is 0 Å². The molecule has 0 aliphatic carbocycles. The van der Waals surface area contributed by atoms with Crippen LogP contribution in [0.2, 0.25) is 0 Å². The molecule has 14 heavy (non-hydrogen) atoms. The Morgan fingerprint density at radius 1 is 1.50 bits per heavy atom. The average molecular weight is 194 g/mol. The van der Waals surface area contributed by atoms with Crippen molar-refractivity contribution in [2.45, 2.75) is 18.9 Å². The van der Waals surface area contributed by atoms with Gasteiger partial charge in [-0.25, -0.2) is 5.43 Å². The lowest BCUT2D eigenvalue weighted by Crippen LogP contribution is -2.30. The number of ether oxygens (including phenoxy) is 1. The Hall–Kier alpha value is -1.26. The van der Waals surface area contributed by atoms with E-state index in [1.807, 2.05) is 12.1 Å². The molecule has 3 N–H and O–H groups in total. The SMILES string of the molecule is NNC(C1=COCCC1)c1ccco1. The van der Waals surface area contributed by atoms with Crippen LogP contribution in [0.25, 0.3) is 0 Å². The van der Waals surface area contributed by atoms with Gasteiger partial charge >= 0.3 is 0 Å². The van der Waals surface area contributed by atoms with Crippen LogP contribution in [0.15, 0.2) is 34.6 Å². The van der Waals surface area contributed by atoms with Crippen molar-refractivity contribution >= 4 is 0 Å². The van der Waals surface area contributed by atoms with E-state index in [-0.39, 0.29) is 6.04 Å². The van der Waals surface area contributed by atoms with Crippen molar-refractivity contribution in [3.63, 3.8) is 0 Å². The van der Waals surface area contributed by atoms with E-state index in [1.165, 1.54) is 0 Å². The third-order valence-electron chi connectivity index (χ3n) is 2.33. The highest BCUT2D eigenvalue weighted by atomic mass is 16.5. The second-order valence-electron chi connectivity index (χ2n) is 3.28. The molecule has 1 aliphatic rings. The highest BCUT2D eigenvalue weighted by Gasteiger charge is 2.19. The van der Waals surface area contributed by atoms with E-state index < -0.39 is 0 Å². The summed E-state index contributed by atoms with van der Waals surface area (Å²) in [6.45, 7) is 0.791. The summed E-state index contributed by atoms with van der Waals surface area (Å²) < 4.78 is 10.6. The summed E-state index contributed by atoms with van der Waals surface area (Å²) in [5.41, 5.74) is 3.87. The van der Waals surface area contributed by atoms with Gasteiger partial charge in [0.25, 0.3) is 0 Å². The van der Waals surface area contributed by atoms with Crippen LogP contribution in [0.3, 0.4) is 0 Å². The minimum absolute atomic E-state index is 0.0645. The van der Waals surface area contributed by atoms with E-state index in [1.54, 1.807) is 12.5 Å². The standard InChI is InChI=1S/C10H14N2O2/c11-12-10(9-4-2-6-14-9)8-3-1-5-13-7-8/h2,4,6-7,10,12H,1,3,5,11H2. The third-order valence-corrected chi connectivity index (χ3v) is 2.33. The van der Waals surface area contributed by atoms with E-state index in [9.17, 15) is 0 Å². The van der Waals surface area contributed by atoms with Crippen molar-refractivity contribution in [2.24, 2.45) is 5.84 Å². The highest BCUT2D eigenvalue weighted by Crippen LogP contribution is 2.26. The molecule has 1 aromatic rings. The Labute approximate surface area is 82.7 Å². The molecule has 0 bridgehead atoms. The predicted octanol–water partition coefficient (Wildman–Crippen LogP) is 1.48. The number of hydrogen-bond acceptors (Lipinski definition) is 4. The summed E-state index contributed by atoms with van der Waals surface area (Å²) in [5, 5.41) is 0. The Morgan fingerprint density at radius 3 is 3.00 bits per heavy atom. The summed E-state index contributed by atoms with van der Waals surface area (Å²) in [5.74, 6) is 6.31. The van der Waals surface area contributed by atoms with Crippen molar-refractivity contribution in [2.75, 3.05) is 6.61 Å². The lowest BCUT2D eigenvalue weighted by atomic mass is 10.0. The van der Waals surface area contributed by atoms with Gasteiger partial charge in [0.2, 0.25) is 0 Å². The molecule has 0 radical (unpaired) electrons. The Balaban J connectivity index is 2.16. The monoisotopic (exact) mass is 194 g/mol. The van der Waals surface area contributed by atoms with Gasteiger partial charge in [0.15, 0.2) is 0 Å². The van der Waals surface area contributed by atoms with Crippen LogP contribution in [0.5, 0.6) is 0 Å². The first kappa shape index (κ1) is 9.30. The summed E-state index contributed by atoms with van der Waals surface area (Å²) in [4.78, 5) is 0. The number of rotatable bonds is 3. The topological polar surface area (TPSA) is 60.4 Å². The molecule has 0 spiro atoms. The van der Waals surface area contributed by atoms with Crippen molar-refractivity contribution in [1.82, 2.24) is 5.43 Å². The van der Waals surface area contributed by atoms with Gasteiger partial charge in [0, 0.05) is 0 Å². The van der Waals surface area contributed by atoms with Crippen LogP contribution in [-0.2, 0) is 4.74 Å². The first-order chi connectivity index (χ1) is 6.92. The smallest absolute Gasteiger partial charge is 0.126 e. The predicted molar refractivity (Wildman–Crippen MR) is 52.0 cm³/mol. The minimum atomic E-state index is -0.0645. The zero-order chi connectivity index (χ0) is 9.80. The molecular weight excluding hydrogens is 180 g/mol. The molecule has 4 heteroatoms. The molecule has 2 heterocycles. The van der Waals surface area contributed by atoms with Gasteiger partial charge in [-0.05, 0) is 30.5 Å². The fourth-order valence-corrected chi connectivity index (χ4v) is 1.62. The average Bonchev–Trinajstić information content (AvgIpc) is 2.74. The quantitative estimate of drug-likeness (QED) is 0.565. The number of hydrazine groups is 1. The molecule has 4 nitrogen and oxygen atoms in total. The molecule has 0 fully saturated rings. The molecule has 76 valence electrons. The lowest BCUT2D eigenvalue weighted by molar-refractivity contribution is 0.217. The summed E-state index contributed by atoms with van der Waals surface area (Å²) >= 11 is 0. The number of nitrogens with two attached hydrogens (primary N) is 1. The number of nitrogens with one attached hydrogen (secondary N) is 1. The molecule has 1 atom stereocenters. The van der Waals surface area contributed by atoms with Crippen molar-refractivity contribution in [3.05, 3.63) is 36.0 Å². The molecule has 2 rings (SSSR count). The Kier molecular flexibility index (Phi) is 2.86. The maximum absolute atomic E-state index is 5.49. The fourth-order valence-electron chi connectivity index (χ4n) is 1.62. The zero-order valence-corrected chi connectivity index (χ0v) is 7.90. The maximum atomic E-state index is 5.49. The van der Waals surface area contributed by atoms with Crippen LogP contribution in [0.4, 0.5) is 0 Å². The second-order valence-corrected chi connectivity index (χ2v) is 3.28. The van der Waals surface area contributed by atoms with E-state index in [4.69, 9.17) is 15.0 Å². The first-order valence-electron chi connectivity index (χ1n) is 4.72. The van der Waals surface area contributed by atoms with Gasteiger partial charge in [0.1, 0.15) is 11.8 Å². The van der Waals surface area contributed by atoms with E-state index in [0.29, 0.717) is 0 Å². The van der Waals surface area contributed by atoms with Gasteiger partial charge < -0.3 is 9.15 Å². The van der Waals surface area contributed by atoms with Crippen molar-refractivity contribution < 1.29 is 9.15 Å². The van der Waals surface area contributed by atoms with E-state index in [0.717, 1.165) is 30.8 Å². The molecule has 0 aromatic carbocycles. The van der Waals surface area contributed by atoms with Gasteiger partial charge in [-0.1, -0.05) is 0 Å². The molecular formula is C10H14N2O2. The molecule has 1 aliphatic heterocycles. The third kappa shape index (κ3) is 1.81. The summed E-state index contributed by atoms with van der Waals surface area (Å²) in [6, 6.07) is 3.69. The highest BCUT2D eigenvalue weighted by molar-refractivity contribution is 5.19. The minimum Gasteiger partial charge on any atom is -0.501 e. The second kappa shape index (κ2) is 4.30. The number of hydrogen-bond donors (Lipinski definition) is 2. The van der Waals surface area contributed by atoms with E-state index >= 15 is 0 Å². The van der Waals surface area contributed by atoms with Crippen LogP contribution in [-0.4, -0.2) is 6.61 Å². The summed E-state index contributed by atoms with van der Waals surface area (Å²) in [7, 11) is 0. The van der Waals surface area contributed by atoms with Crippen LogP contribution < -0.4 is 11.3 Å². The normalized spacial score (nSPS) is 18.5. The zero-order valence-electron chi connectivity index (χ0n) is 7.90. The molecule has 0 saturated carbocycles. The van der Waals surface area contributed by atoms with Crippen LogP contribution in [0, 0.1) is 0 Å². The fraction of sp³-hybridized carbons (Fsp3) is 0.400. The summed E-state index contributed by atoms with van der Waals surface area (Å²) in [6.07, 6.45) is 5.45. The van der Waals surface area contributed by atoms with Crippen LogP contribution >= 0.6 is 0 Å². The van der Waals surface area contributed by atoms with Crippen LogP contribution in [0.1, 0.15) is 24.6 Å². The lowest BCUT2D eigenvalue weighted by Gasteiger charge is -2.20. The Morgan fingerprint density at radius 2 is 2.43 bits per heavy atom. The number of furan rings is 1. The van der Waals surface area contributed by atoms with Crippen molar-refractivity contribution in [3.8, 4) is 0 Å². The van der Waals surface area contributed by atoms with Gasteiger partial charge in [-0.15, -0.1) is 0 Å². The molecule has 1 unspecified atom stereocenters. The maximum Gasteiger partial charge on any atom is 0.126 e. The van der Waals surface area contributed by atoms with Gasteiger partial charge in [-0.2, -0.15) is 0 Å². The molecule has 1 aromatic heterocycles. The largest absolute Gasteiger partial charge is 0.501 e. The molecule has 0 saturated heterocycles. The van der Waals surface area contributed by atoms with Gasteiger partial charge in [-0.3, -0.25) is 5.84 Å². The van der Waals surface area contributed by atoms with E-state index in [2.05, 4.69) is 5.43 Å².